The van der Waals surface area contributed by atoms with Gasteiger partial charge < -0.3 is 19.9 Å². The second-order valence-electron chi connectivity index (χ2n) is 9.63. The van der Waals surface area contributed by atoms with Crippen molar-refractivity contribution in [3.05, 3.63) is 48.5 Å². The van der Waals surface area contributed by atoms with Gasteiger partial charge in [0.25, 0.3) is 0 Å². The third-order valence-electron chi connectivity index (χ3n) is 6.90. The van der Waals surface area contributed by atoms with Gasteiger partial charge in [0.2, 0.25) is 11.8 Å². The zero-order valence-electron chi connectivity index (χ0n) is 18.3. The zero-order valence-corrected chi connectivity index (χ0v) is 18.3. The van der Waals surface area contributed by atoms with Crippen molar-refractivity contribution < 1.29 is 14.7 Å². The molecular formula is C24H32N4O3. The molecule has 3 atom stereocenters. The zero-order chi connectivity index (χ0) is 22.0. The quantitative estimate of drug-likeness (QED) is 0.773. The molecular weight excluding hydrogens is 392 g/mol. The number of nitrogens with zero attached hydrogens (tertiary/aromatic N) is 3. The molecule has 2 N–H and O–H groups in total. The van der Waals surface area contributed by atoms with E-state index >= 15 is 0 Å². The first kappa shape index (κ1) is 21.4. The molecule has 166 valence electrons. The van der Waals surface area contributed by atoms with Crippen molar-refractivity contribution in [2.24, 2.45) is 11.3 Å². The van der Waals surface area contributed by atoms with Crippen LogP contribution in [0.4, 0.5) is 0 Å². The highest BCUT2D eigenvalue weighted by molar-refractivity contribution is 5.82. The van der Waals surface area contributed by atoms with Crippen molar-refractivity contribution in [2.45, 2.75) is 58.0 Å². The summed E-state index contributed by atoms with van der Waals surface area (Å²) >= 11 is 0. The van der Waals surface area contributed by atoms with Gasteiger partial charge >= 0.3 is 0 Å². The lowest BCUT2D eigenvalue weighted by Crippen LogP contribution is -2.52. The molecule has 4 rings (SSSR count). The van der Waals surface area contributed by atoms with Crippen molar-refractivity contribution in [3.8, 4) is 5.75 Å². The van der Waals surface area contributed by atoms with Gasteiger partial charge in [0.1, 0.15) is 12.3 Å². The SMILES string of the molecule is CC1(C)CN(C(=O)C2CCCC2NC(=O)Cn2ccnc2)CCC1c1ccc(O)cc1. The molecule has 1 aromatic carbocycles. The van der Waals surface area contributed by atoms with Crippen LogP contribution in [0, 0.1) is 11.3 Å². The maximum atomic E-state index is 13.4. The van der Waals surface area contributed by atoms with Crippen LogP contribution in [-0.4, -0.2) is 50.5 Å². The van der Waals surface area contributed by atoms with Crippen molar-refractivity contribution in [1.29, 1.82) is 0 Å². The average Bonchev–Trinajstić information content (AvgIpc) is 3.39. The molecule has 7 heteroatoms. The second-order valence-corrected chi connectivity index (χ2v) is 9.63. The summed E-state index contributed by atoms with van der Waals surface area (Å²) in [5, 5.41) is 12.7. The number of phenolic OH excluding ortho intramolecular Hbond substituents is 1. The van der Waals surface area contributed by atoms with Crippen LogP contribution >= 0.6 is 0 Å². The van der Waals surface area contributed by atoms with E-state index in [0.29, 0.717) is 12.5 Å². The minimum absolute atomic E-state index is 0.0658. The van der Waals surface area contributed by atoms with Gasteiger partial charge in [0, 0.05) is 31.5 Å². The minimum Gasteiger partial charge on any atom is -0.508 e. The lowest BCUT2D eigenvalue weighted by atomic mass is 9.70. The molecule has 1 aliphatic carbocycles. The summed E-state index contributed by atoms with van der Waals surface area (Å²) in [5.74, 6) is 0.562. The Morgan fingerprint density at radius 1 is 1.19 bits per heavy atom. The molecule has 1 saturated carbocycles. The third-order valence-corrected chi connectivity index (χ3v) is 6.90. The minimum atomic E-state index is -0.146. The molecule has 1 aromatic heterocycles. The molecule has 2 aromatic rings. The van der Waals surface area contributed by atoms with E-state index in [1.54, 1.807) is 35.4 Å². The van der Waals surface area contributed by atoms with Gasteiger partial charge in [-0.25, -0.2) is 4.98 Å². The van der Waals surface area contributed by atoms with Gasteiger partial charge in [0.15, 0.2) is 0 Å². The number of hydrogen-bond acceptors (Lipinski definition) is 4. The number of benzene rings is 1. The van der Waals surface area contributed by atoms with E-state index in [1.807, 2.05) is 17.0 Å². The molecule has 31 heavy (non-hydrogen) atoms. The van der Waals surface area contributed by atoms with Crippen molar-refractivity contribution in [2.75, 3.05) is 13.1 Å². The number of aromatic hydroxyl groups is 1. The number of amides is 2. The van der Waals surface area contributed by atoms with Crippen LogP contribution in [0.1, 0.15) is 51.0 Å². The fourth-order valence-electron chi connectivity index (χ4n) is 5.33. The Labute approximate surface area is 183 Å². The van der Waals surface area contributed by atoms with Crippen LogP contribution in [0.5, 0.6) is 5.75 Å². The van der Waals surface area contributed by atoms with Crippen LogP contribution in [0.15, 0.2) is 43.0 Å². The maximum Gasteiger partial charge on any atom is 0.240 e. The number of phenols is 1. The first-order valence-electron chi connectivity index (χ1n) is 11.2. The Morgan fingerprint density at radius 3 is 2.65 bits per heavy atom. The number of likely N-dealkylation sites (tertiary alicyclic amines) is 1. The normalized spacial score (nSPS) is 25.4. The standard InChI is InChI=1S/C24H32N4O3/c1-24(2)15-28(12-10-20(24)17-6-8-18(29)9-7-17)23(31)19-4-3-5-21(19)26-22(30)14-27-13-11-25-16-27/h6-9,11,13,16,19-21,29H,3-5,10,12,14-15H2,1-2H3,(H,26,30). The molecule has 0 bridgehead atoms. The van der Waals surface area contributed by atoms with Crippen LogP contribution in [-0.2, 0) is 16.1 Å². The number of nitrogens with one attached hydrogen (secondary N) is 1. The first-order chi connectivity index (χ1) is 14.8. The summed E-state index contributed by atoms with van der Waals surface area (Å²) in [5.41, 5.74) is 1.14. The summed E-state index contributed by atoms with van der Waals surface area (Å²) in [6, 6.07) is 7.35. The van der Waals surface area contributed by atoms with Crippen molar-refractivity contribution >= 4 is 11.8 Å². The highest BCUT2D eigenvalue weighted by Crippen LogP contribution is 2.43. The smallest absolute Gasteiger partial charge is 0.240 e. The van der Waals surface area contributed by atoms with Gasteiger partial charge in [-0.05, 0) is 48.3 Å². The van der Waals surface area contributed by atoms with Crippen LogP contribution in [0.3, 0.4) is 0 Å². The number of piperidine rings is 1. The number of carbonyl (C=O) groups is 2. The molecule has 1 saturated heterocycles. The van der Waals surface area contributed by atoms with E-state index in [1.165, 1.54) is 5.56 Å². The van der Waals surface area contributed by atoms with E-state index in [9.17, 15) is 14.7 Å². The van der Waals surface area contributed by atoms with Gasteiger partial charge in [0.05, 0.1) is 12.2 Å². The lowest BCUT2D eigenvalue weighted by Gasteiger charge is -2.45. The molecule has 1 aliphatic heterocycles. The first-order valence-corrected chi connectivity index (χ1v) is 11.2. The summed E-state index contributed by atoms with van der Waals surface area (Å²) in [6.45, 7) is 6.07. The maximum absolute atomic E-state index is 13.4. The van der Waals surface area contributed by atoms with Crippen molar-refractivity contribution in [1.82, 2.24) is 19.8 Å². The van der Waals surface area contributed by atoms with Crippen LogP contribution < -0.4 is 5.32 Å². The van der Waals surface area contributed by atoms with E-state index in [0.717, 1.165) is 32.2 Å². The molecule has 2 amide bonds. The van der Waals surface area contributed by atoms with Gasteiger partial charge in [-0.1, -0.05) is 32.4 Å². The van der Waals surface area contributed by atoms with Crippen LogP contribution in [0.25, 0.3) is 0 Å². The molecule has 7 nitrogen and oxygen atoms in total. The Bertz CT molecular complexity index is 907. The topological polar surface area (TPSA) is 87.5 Å². The number of aromatic nitrogens is 2. The highest BCUT2D eigenvalue weighted by atomic mass is 16.3. The summed E-state index contributed by atoms with van der Waals surface area (Å²) < 4.78 is 1.73. The molecule has 3 unspecified atom stereocenters. The lowest BCUT2D eigenvalue weighted by molar-refractivity contribution is -0.140. The van der Waals surface area contributed by atoms with E-state index in [2.05, 4.69) is 24.1 Å². The molecule has 0 spiro atoms. The highest BCUT2D eigenvalue weighted by Gasteiger charge is 2.42. The summed E-state index contributed by atoms with van der Waals surface area (Å²) in [7, 11) is 0. The average molecular weight is 425 g/mol. The van der Waals surface area contributed by atoms with Gasteiger partial charge in [-0.2, -0.15) is 0 Å². The molecule has 2 heterocycles. The fraction of sp³-hybridized carbons (Fsp3) is 0.542. The molecule has 2 fully saturated rings. The second kappa shape index (κ2) is 8.73. The largest absolute Gasteiger partial charge is 0.508 e. The summed E-state index contributed by atoms with van der Waals surface area (Å²) in [4.78, 5) is 31.8. The molecule has 2 aliphatic rings. The predicted octanol–water partition coefficient (Wildman–Crippen LogP) is 2.92. The monoisotopic (exact) mass is 424 g/mol. The van der Waals surface area contributed by atoms with Gasteiger partial charge in [-0.3, -0.25) is 9.59 Å². The number of hydrogen-bond donors (Lipinski definition) is 2. The van der Waals surface area contributed by atoms with Crippen molar-refractivity contribution in [3.63, 3.8) is 0 Å². The number of imidazole rings is 1. The van der Waals surface area contributed by atoms with E-state index in [4.69, 9.17) is 0 Å². The summed E-state index contributed by atoms with van der Waals surface area (Å²) in [6.07, 6.45) is 8.56. The van der Waals surface area contributed by atoms with Gasteiger partial charge in [-0.15, -0.1) is 0 Å². The van der Waals surface area contributed by atoms with E-state index < -0.39 is 0 Å². The third kappa shape index (κ3) is 4.75. The Hall–Kier alpha value is -2.83. The Kier molecular flexibility index (Phi) is 6.03. The predicted molar refractivity (Wildman–Crippen MR) is 117 cm³/mol. The van der Waals surface area contributed by atoms with E-state index in [-0.39, 0.29) is 41.5 Å². The number of carbonyl (C=O) groups excluding carboxylic acids is 2. The van der Waals surface area contributed by atoms with Crippen LogP contribution in [0.2, 0.25) is 0 Å². The molecule has 0 radical (unpaired) electrons. The number of rotatable bonds is 5. The fourth-order valence-corrected chi connectivity index (χ4v) is 5.33. The Morgan fingerprint density at radius 2 is 1.97 bits per heavy atom. The Balaban J connectivity index is 1.38.